The summed E-state index contributed by atoms with van der Waals surface area (Å²) in [7, 11) is -2.18. The molecule has 4 heteroatoms. The summed E-state index contributed by atoms with van der Waals surface area (Å²) < 4.78 is 13.5. The van der Waals surface area contributed by atoms with Gasteiger partial charge in [-0.3, -0.25) is 0 Å². The predicted octanol–water partition coefficient (Wildman–Crippen LogP) is 7.83. The van der Waals surface area contributed by atoms with Crippen molar-refractivity contribution in [1.82, 2.24) is 0 Å². The maximum Gasteiger partial charge on any atom is 0.341 e. The normalized spacial score (nSPS) is 21.2. The molecule has 0 amide bonds. The van der Waals surface area contributed by atoms with Crippen molar-refractivity contribution in [2.45, 2.75) is 116 Å². The van der Waals surface area contributed by atoms with Gasteiger partial charge in [0.05, 0.1) is 0 Å². The van der Waals surface area contributed by atoms with Crippen LogP contribution in [0.2, 0.25) is 11.6 Å². The highest BCUT2D eigenvalue weighted by Gasteiger charge is 2.48. The number of hydrogen-bond donors (Lipinski definition) is 0. The predicted molar refractivity (Wildman–Crippen MR) is 117 cm³/mol. The molecule has 0 aromatic heterocycles. The molecule has 0 saturated heterocycles. The van der Waals surface area contributed by atoms with Crippen LogP contribution in [-0.4, -0.2) is 27.7 Å². The monoisotopic (exact) mass is 404 g/mol. The Bertz CT molecular complexity index is 313. The first-order valence-electron chi connectivity index (χ1n) is 11.5. The van der Waals surface area contributed by atoms with Gasteiger partial charge in [0.1, 0.15) is 0 Å². The molecular formula is C22H45ClO2Si. The van der Waals surface area contributed by atoms with Crippen molar-refractivity contribution in [3.63, 3.8) is 0 Å². The molecule has 0 spiro atoms. The van der Waals surface area contributed by atoms with E-state index in [1.165, 1.54) is 77.0 Å². The van der Waals surface area contributed by atoms with Crippen molar-refractivity contribution < 1.29 is 8.85 Å². The highest BCUT2D eigenvalue weighted by atomic mass is 35.5. The lowest BCUT2D eigenvalue weighted by molar-refractivity contribution is 0.135. The minimum Gasteiger partial charge on any atom is -0.394 e. The van der Waals surface area contributed by atoms with E-state index in [0.717, 1.165) is 37.5 Å². The van der Waals surface area contributed by atoms with Crippen molar-refractivity contribution in [2.24, 2.45) is 5.92 Å². The van der Waals surface area contributed by atoms with Gasteiger partial charge in [-0.2, -0.15) is 0 Å². The van der Waals surface area contributed by atoms with Crippen LogP contribution in [0.5, 0.6) is 0 Å². The Balaban J connectivity index is 2.73. The summed E-state index contributed by atoms with van der Waals surface area (Å²) in [5.74, 6) is 1.48. The summed E-state index contributed by atoms with van der Waals surface area (Å²) >= 11 is 6.10. The molecule has 2 atom stereocenters. The third-order valence-electron chi connectivity index (χ3n) is 6.02. The summed E-state index contributed by atoms with van der Waals surface area (Å²) in [5.41, 5.74) is 0.664. The SMILES string of the molecule is CCCCCCO[Si](CCCCl)(OCCCCCC)C1CCCCC1C. The fourth-order valence-electron chi connectivity index (χ4n) is 4.42. The Labute approximate surface area is 170 Å². The molecule has 0 aromatic carbocycles. The topological polar surface area (TPSA) is 18.5 Å². The molecule has 1 fully saturated rings. The highest BCUT2D eigenvalue weighted by Crippen LogP contribution is 2.45. The molecule has 2 unspecified atom stereocenters. The maximum absolute atomic E-state index is 6.75. The van der Waals surface area contributed by atoms with Crippen LogP contribution in [0.4, 0.5) is 0 Å². The number of hydrogen-bond acceptors (Lipinski definition) is 2. The van der Waals surface area contributed by atoms with Crippen molar-refractivity contribution in [3.8, 4) is 0 Å². The van der Waals surface area contributed by atoms with E-state index in [9.17, 15) is 0 Å². The second kappa shape index (κ2) is 15.4. The van der Waals surface area contributed by atoms with Gasteiger partial charge in [0.25, 0.3) is 0 Å². The molecule has 0 N–H and O–H groups in total. The Kier molecular flexibility index (Phi) is 14.5. The lowest BCUT2D eigenvalue weighted by Crippen LogP contribution is -2.50. The second-order valence-electron chi connectivity index (χ2n) is 8.29. The van der Waals surface area contributed by atoms with E-state index in [2.05, 4.69) is 20.8 Å². The molecule has 1 rings (SSSR count). The first-order chi connectivity index (χ1) is 12.7. The van der Waals surface area contributed by atoms with E-state index >= 15 is 0 Å². The molecule has 0 heterocycles. The quantitative estimate of drug-likeness (QED) is 0.148. The van der Waals surface area contributed by atoms with Gasteiger partial charge in [-0.1, -0.05) is 78.6 Å². The smallest absolute Gasteiger partial charge is 0.341 e. The number of unbranched alkanes of at least 4 members (excludes halogenated alkanes) is 6. The van der Waals surface area contributed by atoms with E-state index in [1.54, 1.807) is 0 Å². The van der Waals surface area contributed by atoms with E-state index in [-0.39, 0.29) is 0 Å². The summed E-state index contributed by atoms with van der Waals surface area (Å²) in [6, 6.07) is 1.09. The summed E-state index contributed by atoms with van der Waals surface area (Å²) in [4.78, 5) is 0. The van der Waals surface area contributed by atoms with Crippen LogP contribution in [-0.2, 0) is 8.85 Å². The summed E-state index contributed by atoms with van der Waals surface area (Å²) in [6.45, 7) is 8.76. The summed E-state index contributed by atoms with van der Waals surface area (Å²) in [6.07, 6.45) is 16.6. The minimum atomic E-state index is -2.18. The number of rotatable bonds is 16. The van der Waals surface area contributed by atoms with E-state index < -0.39 is 8.56 Å². The van der Waals surface area contributed by atoms with Gasteiger partial charge in [-0.05, 0) is 37.6 Å². The second-order valence-corrected chi connectivity index (χ2v) is 12.1. The van der Waals surface area contributed by atoms with Crippen molar-refractivity contribution >= 4 is 20.2 Å². The van der Waals surface area contributed by atoms with E-state index in [0.29, 0.717) is 5.54 Å². The third-order valence-corrected chi connectivity index (χ3v) is 10.7. The van der Waals surface area contributed by atoms with Crippen LogP contribution < -0.4 is 0 Å². The zero-order valence-electron chi connectivity index (χ0n) is 17.9. The number of halogens is 1. The van der Waals surface area contributed by atoms with Gasteiger partial charge in [-0.15, -0.1) is 11.6 Å². The first kappa shape index (κ1) is 24.5. The van der Waals surface area contributed by atoms with Crippen LogP contribution in [0, 0.1) is 5.92 Å². The molecule has 26 heavy (non-hydrogen) atoms. The minimum absolute atomic E-state index is 0.664. The first-order valence-corrected chi connectivity index (χ1v) is 14.2. The zero-order valence-corrected chi connectivity index (χ0v) is 19.6. The Hall–Kier alpha value is 0.427. The molecule has 0 aliphatic heterocycles. The van der Waals surface area contributed by atoms with Crippen LogP contribution in [0.3, 0.4) is 0 Å². The molecule has 0 bridgehead atoms. The van der Waals surface area contributed by atoms with Crippen LogP contribution in [0.25, 0.3) is 0 Å². The Morgan fingerprint density at radius 2 is 1.38 bits per heavy atom. The Morgan fingerprint density at radius 3 is 1.88 bits per heavy atom. The molecule has 1 aliphatic rings. The molecule has 2 nitrogen and oxygen atoms in total. The maximum atomic E-state index is 6.75. The lowest BCUT2D eigenvalue weighted by atomic mass is 9.90. The Morgan fingerprint density at radius 1 is 0.808 bits per heavy atom. The standard InChI is InChI=1S/C22H45ClO2Si/c1-4-6-8-12-18-24-26(20-14-17-23,25-19-13-9-7-5-2)22-16-11-10-15-21(22)3/h21-22H,4-20H2,1-3H3. The van der Waals surface area contributed by atoms with Gasteiger partial charge in [0, 0.05) is 24.6 Å². The largest absolute Gasteiger partial charge is 0.394 e. The van der Waals surface area contributed by atoms with Gasteiger partial charge in [0.2, 0.25) is 0 Å². The van der Waals surface area contributed by atoms with Crippen LogP contribution in [0.1, 0.15) is 104 Å². The average molecular weight is 405 g/mol. The van der Waals surface area contributed by atoms with Gasteiger partial charge in [0.15, 0.2) is 0 Å². The average Bonchev–Trinajstić information content (AvgIpc) is 2.65. The van der Waals surface area contributed by atoms with Crippen LogP contribution >= 0.6 is 11.6 Å². The van der Waals surface area contributed by atoms with E-state index in [1.807, 2.05) is 0 Å². The molecule has 0 radical (unpaired) electrons. The molecular weight excluding hydrogens is 360 g/mol. The van der Waals surface area contributed by atoms with Gasteiger partial charge in [-0.25, -0.2) is 0 Å². The van der Waals surface area contributed by atoms with Crippen molar-refractivity contribution in [1.29, 1.82) is 0 Å². The highest BCUT2D eigenvalue weighted by molar-refractivity contribution is 6.69. The zero-order chi connectivity index (χ0) is 19.1. The molecule has 1 saturated carbocycles. The lowest BCUT2D eigenvalue weighted by Gasteiger charge is -2.42. The molecule has 156 valence electrons. The van der Waals surface area contributed by atoms with Crippen molar-refractivity contribution in [2.75, 3.05) is 19.1 Å². The number of alkyl halides is 1. The van der Waals surface area contributed by atoms with E-state index in [4.69, 9.17) is 20.5 Å². The molecule has 0 aromatic rings. The fraction of sp³-hybridized carbons (Fsp3) is 1.00. The molecule has 1 aliphatic carbocycles. The fourth-order valence-corrected chi connectivity index (χ4v) is 9.27. The van der Waals surface area contributed by atoms with Crippen molar-refractivity contribution in [3.05, 3.63) is 0 Å². The summed E-state index contributed by atoms with van der Waals surface area (Å²) in [5, 5.41) is 0. The van der Waals surface area contributed by atoms with Gasteiger partial charge >= 0.3 is 8.56 Å². The third kappa shape index (κ3) is 9.08. The van der Waals surface area contributed by atoms with Gasteiger partial charge < -0.3 is 8.85 Å². The van der Waals surface area contributed by atoms with Crippen LogP contribution in [0.15, 0.2) is 0 Å².